The molecule has 0 bridgehead atoms. The van der Waals surface area contributed by atoms with Gasteiger partial charge in [0.15, 0.2) is 0 Å². The highest BCUT2D eigenvalue weighted by Gasteiger charge is 1.89. The number of carboxylic acids is 1. The lowest BCUT2D eigenvalue weighted by molar-refractivity contribution is -0.135. The molecular formula is C9H13N3O2. The predicted molar refractivity (Wildman–Crippen MR) is 52.7 cm³/mol. The van der Waals surface area contributed by atoms with E-state index in [4.69, 9.17) is 5.11 Å². The van der Waals surface area contributed by atoms with E-state index in [0.29, 0.717) is 6.54 Å². The summed E-state index contributed by atoms with van der Waals surface area (Å²) in [5.74, 6) is -0.841. The van der Waals surface area contributed by atoms with Crippen molar-refractivity contribution in [3.05, 3.63) is 37.4 Å². The van der Waals surface area contributed by atoms with Crippen LogP contribution in [0.4, 0.5) is 0 Å². The van der Waals surface area contributed by atoms with Crippen LogP contribution >= 0.6 is 0 Å². The van der Waals surface area contributed by atoms with Crippen LogP contribution in [0.15, 0.2) is 37.4 Å². The van der Waals surface area contributed by atoms with Crippen molar-refractivity contribution in [2.45, 2.75) is 0 Å². The maximum absolute atomic E-state index is 9.78. The molecule has 1 aromatic heterocycles. The van der Waals surface area contributed by atoms with Crippen LogP contribution in [0, 0.1) is 0 Å². The Morgan fingerprint density at radius 3 is 2.43 bits per heavy atom. The molecule has 1 aromatic rings. The van der Waals surface area contributed by atoms with Crippen LogP contribution in [0.25, 0.3) is 0 Å². The van der Waals surface area contributed by atoms with Crippen LogP contribution in [0.3, 0.4) is 0 Å². The minimum Gasteiger partial charge on any atom is -0.480 e. The number of carboxylic acid groups (broad SMARTS) is 1. The Hall–Kier alpha value is -1.75. The zero-order valence-corrected chi connectivity index (χ0v) is 7.76. The summed E-state index contributed by atoms with van der Waals surface area (Å²) < 4.78 is 0. The van der Waals surface area contributed by atoms with Crippen molar-refractivity contribution < 1.29 is 9.90 Å². The van der Waals surface area contributed by atoms with Crippen LogP contribution < -0.4 is 5.32 Å². The monoisotopic (exact) mass is 195 g/mol. The Morgan fingerprint density at radius 1 is 1.50 bits per heavy atom. The number of nitrogens with zero attached hydrogens (tertiary/aromatic N) is 2. The van der Waals surface area contributed by atoms with Crippen LogP contribution in [-0.2, 0) is 4.79 Å². The molecular weight excluding hydrogens is 182 g/mol. The molecule has 0 aromatic carbocycles. The molecule has 0 aliphatic carbocycles. The topological polar surface area (TPSA) is 75.1 Å². The fraction of sp³-hybridized carbons (Fsp3) is 0.222. The molecule has 5 nitrogen and oxygen atoms in total. The molecule has 5 heteroatoms. The summed E-state index contributed by atoms with van der Waals surface area (Å²) in [5, 5.41) is 10.7. The van der Waals surface area contributed by atoms with E-state index >= 15 is 0 Å². The summed E-state index contributed by atoms with van der Waals surface area (Å²) in [6.07, 6.45) is 6.49. The van der Waals surface area contributed by atoms with Gasteiger partial charge in [0.05, 0.1) is 6.54 Å². The molecule has 1 heterocycles. The van der Waals surface area contributed by atoms with Gasteiger partial charge in [0.1, 0.15) is 6.33 Å². The average Bonchev–Trinajstić information content (AvgIpc) is 2.21. The summed E-state index contributed by atoms with van der Waals surface area (Å²) in [6.45, 7) is 3.96. The van der Waals surface area contributed by atoms with E-state index < -0.39 is 5.97 Å². The molecule has 0 aliphatic heterocycles. The summed E-state index contributed by atoms with van der Waals surface area (Å²) >= 11 is 0. The van der Waals surface area contributed by atoms with E-state index in [-0.39, 0.29) is 6.54 Å². The fourth-order valence-electron chi connectivity index (χ4n) is 0.535. The first-order chi connectivity index (χ1) is 6.77. The van der Waals surface area contributed by atoms with Gasteiger partial charge in [-0.2, -0.15) is 0 Å². The Balaban J connectivity index is 0.000000249. The third kappa shape index (κ3) is 10.2. The van der Waals surface area contributed by atoms with Gasteiger partial charge in [0, 0.05) is 18.9 Å². The highest BCUT2D eigenvalue weighted by atomic mass is 16.4. The first-order valence-electron chi connectivity index (χ1n) is 4.00. The molecule has 0 amide bonds. The lowest BCUT2D eigenvalue weighted by Gasteiger charge is -1.91. The van der Waals surface area contributed by atoms with Gasteiger partial charge in [0.2, 0.25) is 0 Å². The maximum atomic E-state index is 9.78. The van der Waals surface area contributed by atoms with Gasteiger partial charge in [-0.15, -0.1) is 6.58 Å². The summed E-state index contributed by atoms with van der Waals surface area (Å²) in [4.78, 5) is 17.1. The maximum Gasteiger partial charge on any atom is 0.317 e. The van der Waals surface area contributed by atoms with Gasteiger partial charge in [0.25, 0.3) is 0 Å². The summed E-state index contributed by atoms with van der Waals surface area (Å²) in [6, 6.07) is 1.78. The largest absolute Gasteiger partial charge is 0.480 e. The molecule has 0 saturated heterocycles. The normalized spacial score (nSPS) is 8.29. The van der Waals surface area contributed by atoms with E-state index in [1.165, 1.54) is 6.33 Å². The van der Waals surface area contributed by atoms with E-state index in [1.54, 1.807) is 24.5 Å². The quantitative estimate of drug-likeness (QED) is 0.534. The number of carbonyl (C=O) groups is 1. The lowest BCUT2D eigenvalue weighted by atomic mass is 10.6. The number of hydrogen-bond acceptors (Lipinski definition) is 4. The second kappa shape index (κ2) is 9.34. The highest BCUT2D eigenvalue weighted by Crippen LogP contribution is 1.66. The molecule has 0 spiro atoms. The Bertz CT molecular complexity index is 225. The van der Waals surface area contributed by atoms with Gasteiger partial charge >= 0.3 is 5.97 Å². The molecule has 0 radical (unpaired) electrons. The van der Waals surface area contributed by atoms with Gasteiger partial charge < -0.3 is 10.4 Å². The molecule has 14 heavy (non-hydrogen) atoms. The standard InChI is InChI=1S/C5H9NO2.C4H4N2/c1-2-3-6-4-5(7)8;1-2-5-4-6-3-1/h2,6H,1,3-4H2,(H,7,8);1-4H. The predicted octanol–water partition coefficient (Wildman–Crippen LogP) is 0.323. The average molecular weight is 195 g/mol. The number of aliphatic carboxylic acids is 1. The van der Waals surface area contributed by atoms with E-state index in [1.807, 2.05) is 0 Å². The van der Waals surface area contributed by atoms with Crippen LogP contribution in [0.1, 0.15) is 0 Å². The molecule has 1 rings (SSSR count). The SMILES string of the molecule is C=CCNCC(=O)O.c1cncnc1. The fourth-order valence-corrected chi connectivity index (χ4v) is 0.535. The lowest BCUT2D eigenvalue weighted by Crippen LogP contribution is -2.21. The molecule has 76 valence electrons. The van der Waals surface area contributed by atoms with Gasteiger partial charge in [-0.05, 0) is 6.07 Å². The Morgan fingerprint density at radius 2 is 2.14 bits per heavy atom. The number of hydrogen-bond donors (Lipinski definition) is 2. The van der Waals surface area contributed by atoms with E-state index in [9.17, 15) is 4.79 Å². The molecule has 2 N–H and O–H groups in total. The molecule has 0 saturated carbocycles. The molecule has 0 fully saturated rings. The number of rotatable bonds is 4. The van der Waals surface area contributed by atoms with Gasteiger partial charge in [-0.3, -0.25) is 4.79 Å². The first kappa shape index (κ1) is 12.2. The summed E-state index contributed by atoms with van der Waals surface area (Å²) in [7, 11) is 0. The van der Waals surface area contributed by atoms with Crippen LogP contribution in [0.2, 0.25) is 0 Å². The molecule has 0 atom stereocenters. The van der Waals surface area contributed by atoms with Crippen molar-refractivity contribution in [3.63, 3.8) is 0 Å². The second-order valence-electron chi connectivity index (χ2n) is 2.22. The van der Waals surface area contributed by atoms with E-state index in [0.717, 1.165) is 0 Å². The van der Waals surface area contributed by atoms with Crippen molar-refractivity contribution in [1.29, 1.82) is 0 Å². The van der Waals surface area contributed by atoms with Crippen molar-refractivity contribution in [2.24, 2.45) is 0 Å². The number of nitrogens with one attached hydrogen (secondary N) is 1. The third-order valence-corrected chi connectivity index (χ3v) is 1.04. The van der Waals surface area contributed by atoms with Crippen molar-refractivity contribution in [1.82, 2.24) is 15.3 Å². The molecule has 0 aliphatic rings. The number of aromatic nitrogens is 2. The highest BCUT2D eigenvalue weighted by molar-refractivity contribution is 5.68. The van der Waals surface area contributed by atoms with Gasteiger partial charge in [-0.1, -0.05) is 6.08 Å². The third-order valence-electron chi connectivity index (χ3n) is 1.04. The minimum atomic E-state index is -0.841. The van der Waals surface area contributed by atoms with Crippen LogP contribution in [-0.4, -0.2) is 34.1 Å². The van der Waals surface area contributed by atoms with Crippen molar-refractivity contribution >= 4 is 5.97 Å². The Kier molecular flexibility index (Phi) is 8.17. The minimum absolute atomic E-state index is 0.00597. The zero-order chi connectivity index (χ0) is 10.6. The summed E-state index contributed by atoms with van der Waals surface area (Å²) in [5.41, 5.74) is 0. The van der Waals surface area contributed by atoms with Crippen molar-refractivity contribution in [3.8, 4) is 0 Å². The molecule has 0 unspecified atom stereocenters. The zero-order valence-electron chi connectivity index (χ0n) is 7.76. The van der Waals surface area contributed by atoms with E-state index in [2.05, 4.69) is 21.9 Å². The second-order valence-corrected chi connectivity index (χ2v) is 2.22. The van der Waals surface area contributed by atoms with Crippen LogP contribution in [0.5, 0.6) is 0 Å². The smallest absolute Gasteiger partial charge is 0.317 e. The van der Waals surface area contributed by atoms with Crippen molar-refractivity contribution in [2.75, 3.05) is 13.1 Å². The van der Waals surface area contributed by atoms with Gasteiger partial charge in [-0.25, -0.2) is 9.97 Å². The first-order valence-corrected chi connectivity index (χ1v) is 4.00. The Labute approximate surface area is 82.5 Å².